The molecule has 102 valence electrons. The fourth-order valence-corrected chi connectivity index (χ4v) is 2.48. The number of carbonyl (C=O) groups excluding carboxylic acids is 1. The highest BCUT2D eigenvalue weighted by Crippen LogP contribution is 2.25. The molecule has 4 heteroatoms. The van der Waals surface area contributed by atoms with Crippen molar-refractivity contribution in [2.24, 2.45) is 0 Å². The first kappa shape index (κ1) is 12.7. The molecule has 1 aliphatic rings. The molecule has 0 saturated carbocycles. The molecule has 2 atom stereocenters. The largest absolute Gasteiger partial charge is 0.373 e. The molecule has 3 rings (SSSR count). The van der Waals surface area contributed by atoms with Crippen LogP contribution in [0.1, 0.15) is 24.2 Å². The van der Waals surface area contributed by atoms with Crippen molar-refractivity contribution in [3.8, 4) is 0 Å². The molecular formula is C16H17N3O. The zero-order valence-electron chi connectivity index (χ0n) is 11.3. The number of nitrogens with zero attached hydrogens (tertiary/aromatic N) is 1. The van der Waals surface area contributed by atoms with E-state index in [0.717, 1.165) is 17.8 Å². The Labute approximate surface area is 118 Å². The Morgan fingerprint density at radius 3 is 2.85 bits per heavy atom. The lowest BCUT2D eigenvalue weighted by Crippen LogP contribution is -2.39. The van der Waals surface area contributed by atoms with Crippen LogP contribution in [0.25, 0.3) is 0 Å². The third-order valence-corrected chi connectivity index (χ3v) is 3.58. The van der Waals surface area contributed by atoms with Gasteiger partial charge in [-0.2, -0.15) is 0 Å². The van der Waals surface area contributed by atoms with E-state index in [9.17, 15) is 4.79 Å². The third-order valence-electron chi connectivity index (χ3n) is 3.58. The maximum atomic E-state index is 12.3. The lowest BCUT2D eigenvalue weighted by molar-refractivity contribution is -0.122. The summed E-state index contributed by atoms with van der Waals surface area (Å²) in [5, 5.41) is 6.27. The van der Waals surface area contributed by atoms with Gasteiger partial charge in [0.15, 0.2) is 0 Å². The highest BCUT2D eigenvalue weighted by atomic mass is 16.2. The molecule has 2 aromatic rings. The van der Waals surface area contributed by atoms with E-state index in [1.54, 1.807) is 6.20 Å². The predicted octanol–water partition coefficient (Wildman–Crippen LogP) is 2.30. The van der Waals surface area contributed by atoms with Crippen molar-refractivity contribution in [1.82, 2.24) is 10.3 Å². The molecular weight excluding hydrogens is 250 g/mol. The summed E-state index contributed by atoms with van der Waals surface area (Å²) in [5.74, 6) is 0.0133. The molecule has 20 heavy (non-hydrogen) atoms. The fourth-order valence-electron chi connectivity index (χ4n) is 2.48. The Bertz CT molecular complexity index is 587. The second-order valence-corrected chi connectivity index (χ2v) is 5.04. The fraction of sp³-hybridized carbons (Fsp3) is 0.250. The highest BCUT2D eigenvalue weighted by molar-refractivity contribution is 5.87. The van der Waals surface area contributed by atoms with Crippen molar-refractivity contribution in [3.63, 3.8) is 0 Å². The number of nitrogens with one attached hydrogen (secondary N) is 2. The first-order chi connectivity index (χ1) is 9.74. The number of hydrogen-bond acceptors (Lipinski definition) is 3. The van der Waals surface area contributed by atoms with Crippen molar-refractivity contribution in [2.45, 2.75) is 25.4 Å². The molecule has 2 heterocycles. The van der Waals surface area contributed by atoms with E-state index in [-0.39, 0.29) is 18.0 Å². The summed E-state index contributed by atoms with van der Waals surface area (Å²) in [6, 6.07) is 13.5. The molecule has 0 bridgehead atoms. The Morgan fingerprint density at radius 2 is 2.10 bits per heavy atom. The van der Waals surface area contributed by atoms with E-state index >= 15 is 0 Å². The second kappa shape index (κ2) is 5.33. The molecule has 2 N–H and O–H groups in total. The van der Waals surface area contributed by atoms with Gasteiger partial charge in [0.2, 0.25) is 5.91 Å². The SMILES string of the molecule is C[C@@H](NC(=O)C1Cc2ccccc2N1)c1ccccn1. The molecule has 4 nitrogen and oxygen atoms in total. The van der Waals surface area contributed by atoms with E-state index < -0.39 is 0 Å². The molecule has 0 aliphatic carbocycles. The summed E-state index contributed by atoms with van der Waals surface area (Å²) in [6.45, 7) is 1.95. The van der Waals surface area contributed by atoms with E-state index in [1.165, 1.54) is 5.56 Å². The molecule has 0 fully saturated rings. The van der Waals surface area contributed by atoms with Crippen LogP contribution in [0.15, 0.2) is 48.7 Å². The minimum atomic E-state index is -0.196. The topological polar surface area (TPSA) is 54.0 Å². The van der Waals surface area contributed by atoms with Crippen LogP contribution in [0.5, 0.6) is 0 Å². The molecule has 1 aromatic carbocycles. The molecule has 1 aliphatic heterocycles. The number of para-hydroxylation sites is 1. The van der Waals surface area contributed by atoms with Gasteiger partial charge in [-0.15, -0.1) is 0 Å². The minimum Gasteiger partial charge on any atom is -0.373 e. The molecule has 1 amide bonds. The summed E-state index contributed by atoms with van der Waals surface area (Å²) < 4.78 is 0. The first-order valence-corrected chi connectivity index (χ1v) is 6.80. The number of hydrogen-bond donors (Lipinski definition) is 2. The van der Waals surface area contributed by atoms with Crippen LogP contribution in [0.4, 0.5) is 5.69 Å². The van der Waals surface area contributed by atoms with Gasteiger partial charge >= 0.3 is 0 Å². The Kier molecular flexibility index (Phi) is 3.37. The Hall–Kier alpha value is -2.36. The number of amides is 1. The number of anilines is 1. The Balaban J connectivity index is 1.64. The Morgan fingerprint density at radius 1 is 1.30 bits per heavy atom. The number of aromatic nitrogens is 1. The third kappa shape index (κ3) is 2.50. The average molecular weight is 267 g/mol. The van der Waals surface area contributed by atoms with Gasteiger partial charge in [-0.25, -0.2) is 0 Å². The number of pyridine rings is 1. The van der Waals surface area contributed by atoms with Crippen LogP contribution >= 0.6 is 0 Å². The second-order valence-electron chi connectivity index (χ2n) is 5.04. The summed E-state index contributed by atoms with van der Waals surface area (Å²) in [5.41, 5.74) is 3.12. The lowest BCUT2D eigenvalue weighted by Gasteiger charge is -2.17. The summed E-state index contributed by atoms with van der Waals surface area (Å²) in [7, 11) is 0. The molecule has 0 radical (unpaired) electrons. The van der Waals surface area contributed by atoms with Crippen LogP contribution < -0.4 is 10.6 Å². The smallest absolute Gasteiger partial charge is 0.243 e. The van der Waals surface area contributed by atoms with Crippen LogP contribution in [0.2, 0.25) is 0 Å². The maximum absolute atomic E-state index is 12.3. The summed E-state index contributed by atoms with van der Waals surface area (Å²) in [4.78, 5) is 16.6. The number of rotatable bonds is 3. The number of benzene rings is 1. The molecule has 1 aromatic heterocycles. The van der Waals surface area contributed by atoms with E-state index in [0.29, 0.717) is 0 Å². The quantitative estimate of drug-likeness (QED) is 0.897. The van der Waals surface area contributed by atoms with E-state index in [1.807, 2.05) is 43.3 Å². The monoisotopic (exact) mass is 267 g/mol. The van der Waals surface area contributed by atoms with E-state index in [4.69, 9.17) is 0 Å². The van der Waals surface area contributed by atoms with Crippen LogP contribution in [0.3, 0.4) is 0 Å². The number of carbonyl (C=O) groups is 1. The van der Waals surface area contributed by atoms with Gasteiger partial charge in [0.05, 0.1) is 11.7 Å². The van der Waals surface area contributed by atoms with Crippen molar-refractivity contribution >= 4 is 11.6 Å². The zero-order chi connectivity index (χ0) is 13.9. The maximum Gasteiger partial charge on any atom is 0.243 e. The number of fused-ring (bicyclic) bond motifs is 1. The van der Waals surface area contributed by atoms with Crippen molar-refractivity contribution in [2.75, 3.05) is 5.32 Å². The van der Waals surface area contributed by atoms with Gasteiger partial charge in [0.1, 0.15) is 6.04 Å². The van der Waals surface area contributed by atoms with E-state index in [2.05, 4.69) is 21.7 Å². The average Bonchev–Trinajstić information content (AvgIpc) is 2.92. The van der Waals surface area contributed by atoms with Gasteiger partial charge in [-0.05, 0) is 30.7 Å². The van der Waals surface area contributed by atoms with Crippen molar-refractivity contribution < 1.29 is 4.79 Å². The zero-order valence-corrected chi connectivity index (χ0v) is 11.3. The highest BCUT2D eigenvalue weighted by Gasteiger charge is 2.27. The van der Waals surface area contributed by atoms with Gasteiger partial charge in [-0.3, -0.25) is 9.78 Å². The normalized spacial score (nSPS) is 17.9. The van der Waals surface area contributed by atoms with Gasteiger partial charge < -0.3 is 10.6 Å². The summed E-state index contributed by atoms with van der Waals surface area (Å²) >= 11 is 0. The van der Waals surface area contributed by atoms with Gasteiger partial charge in [-0.1, -0.05) is 24.3 Å². The summed E-state index contributed by atoms with van der Waals surface area (Å²) in [6.07, 6.45) is 2.47. The molecule has 0 spiro atoms. The van der Waals surface area contributed by atoms with Gasteiger partial charge in [0.25, 0.3) is 0 Å². The van der Waals surface area contributed by atoms with Crippen LogP contribution in [-0.4, -0.2) is 16.9 Å². The van der Waals surface area contributed by atoms with Crippen LogP contribution in [0, 0.1) is 0 Å². The van der Waals surface area contributed by atoms with Crippen LogP contribution in [-0.2, 0) is 11.2 Å². The van der Waals surface area contributed by atoms with Crippen molar-refractivity contribution in [3.05, 3.63) is 59.9 Å². The molecule has 0 saturated heterocycles. The lowest BCUT2D eigenvalue weighted by atomic mass is 10.1. The van der Waals surface area contributed by atoms with Gasteiger partial charge in [0, 0.05) is 18.3 Å². The standard InChI is InChI=1S/C16H17N3O/c1-11(13-7-4-5-9-17-13)18-16(20)15-10-12-6-2-3-8-14(12)19-15/h2-9,11,15,19H,10H2,1H3,(H,18,20)/t11-,15?/m1/s1. The predicted molar refractivity (Wildman–Crippen MR) is 78.4 cm³/mol. The first-order valence-electron chi connectivity index (χ1n) is 6.80. The minimum absolute atomic E-state index is 0.0133. The van der Waals surface area contributed by atoms with Crippen molar-refractivity contribution in [1.29, 1.82) is 0 Å². The molecule has 1 unspecified atom stereocenters.